The molecule has 0 aliphatic carbocycles. The van der Waals surface area contributed by atoms with Crippen molar-refractivity contribution in [1.29, 1.82) is 0 Å². The van der Waals surface area contributed by atoms with Crippen LogP contribution in [0, 0.1) is 5.92 Å². The van der Waals surface area contributed by atoms with Gasteiger partial charge < -0.3 is 10.1 Å². The zero-order chi connectivity index (χ0) is 15.1. The number of benzene rings is 1. The highest BCUT2D eigenvalue weighted by molar-refractivity contribution is 5.28. The Morgan fingerprint density at radius 3 is 2.43 bits per heavy atom. The molecule has 2 nitrogen and oxygen atoms in total. The van der Waals surface area contributed by atoms with Crippen molar-refractivity contribution >= 4 is 0 Å². The lowest BCUT2D eigenvalue weighted by Gasteiger charge is -2.44. The Labute approximate surface area is 130 Å². The lowest BCUT2D eigenvalue weighted by molar-refractivity contribution is 0.149. The minimum atomic E-state index is 0.217. The van der Waals surface area contributed by atoms with Crippen molar-refractivity contribution in [3.8, 4) is 0 Å². The van der Waals surface area contributed by atoms with Crippen molar-refractivity contribution in [3.05, 3.63) is 35.9 Å². The van der Waals surface area contributed by atoms with Gasteiger partial charge in [-0.15, -0.1) is 0 Å². The molecule has 1 aliphatic rings. The average molecular weight is 289 g/mol. The van der Waals surface area contributed by atoms with Crippen LogP contribution in [0.3, 0.4) is 0 Å². The van der Waals surface area contributed by atoms with Gasteiger partial charge in [-0.2, -0.15) is 0 Å². The summed E-state index contributed by atoms with van der Waals surface area (Å²) < 4.78 is 5.70. The molecular formula is C19H31NO. The van der Waals surface area contributed by atoms with Crippen LogP contribution in [0.5, 0.6) is 0 Å². The molecule has 0 bridgehead atoms. The maximum atomic E-state index is 5.70. The Morgan fingerprint density at radius 2 is 1.90 bits per heavy atom. The Balaban J connectivity index is 2.34. The highest BCUT2D eigenvalue weighted by Gasteiger charge is 2.42. The average Bonchev–Trinajstić information content (AvgIpc) is 3.07. The van der Waals surface area contributed by atoms with E-state index >= 15 is 0 Å². The monoisotopic (exact) mass is 289 g/mol. The van der Waals surface area contributed by atoms with Crippen LogP contribution in [0.1, 0.15) is 52.0 Å². The van der Waals surface area contributed by atoms with E-state index in [0.29, 0.717) is 12.0 Å². The SMILES string of the molecule is CCCNC(C1CCOC1)C(CC)(CC)c1ccccc1. The van der Waals surface area contributed by atoms with Gasteiger partial charge in [0.2, 0.25) is 0 Å². The van der Waals surface area contributed by atoms with E-state index in [0.717, 1.165) is 19.8 Å². The van der Waals surface area contributed by atoms with Crippen LogP contribution in [0.2, 0.25) is 0 Å². The van der Waals surface area contributed by atoms with Gasteiger partial charge in [0, 0.05) is 24.0 Å². The van der Waals surface area contributed by atoms with Gasteiger partial charge >= 0.3 is 0 Å². The van der Waals surface area contributed by atoms with Gasteiger partial charge in [-0.1, -0.05) is 51.1 Å². The maximum absolute atomic E-state index is 5.70. The van der Waals surface area contributed by atoms with E-state index in [-0.39, 0.29) is 5.41 Å². The van der Waals surface area contributed by atoms with Crippen molar-refractivity contribution in [2.45, 2.75) is 57.9 Å². The Morgan fingerprint density at radius 1 is 1.19 bits per heavy atom. The zero-order valence-corrected chi connectivity index (χ0v) is 13.9. The molecule has 1 heterocycles. The third-order valence-corrected chi connectivity index (χ3v) is 5.26. The smallest absolute Gasteiger partial charge is 0.0510 e. The molecule has 1 aromatic rings. The minimum absolute atomic E-state index is 0.217. The normalized spacial score (nSPS) is 20.6. The molecule has 1 aromatic carbocycles. The number of ether oxygens (including phenoxy) is 1. The second-order valence-electron chi connectivity index (χ2n) is 6.28. The summed E-state index contributed by atoms with van der Waals surface area (Å²) >= 11 is 0. The molecule has 1 saturated heterocycles. The fourth-order valence-electron chi connectivity index (χ4n) is 3.98. The number of hydrogen-bond acceptors (Lipinski definition) is 2. The van der Waals surface area contributed by atoms with Crippen LogP contribution in [0.4, 0.5) is 0 Å². The molecule has 2 unspecified atom stereocenters. The molecule has 0 radical (unpaired) electrons. The van der Waals surface area contributed by atoms with Crippen molar-refractivity contribution in [1.82, 2.24) is 5.32 Å². The van der Waals surface area contributed by atoms with Crippen LogP contribution in [0.15, 0.2) is 30.3 Å². The Hall–Kier alpha value is -0.860. The topological polar surface area (TPSA) is 21.3 Å². The van der Waals surface area contributed by atoms with Gasteiger partial charge in [0.25, 0.3) is 0 Å². The molecule has 0 saturated carbocycles. The van der Waals surface area contributed by atoms with Gasteiger partial charge in [-0.05, 0) is 37.8 Å². The molecule has 1 N–H and O–H groups in total. The third-order valence-electron chi connectivity index (χ3n) is 5.26. The van der Waals surface area contributed by atoms with Gasteiger partial charge in [0.1, 0.15) is 0 Å². The minimum Gasteiger partial charge on any atom is -0.381 e. The summed E-state index contributed by atoms with van der Waals surface area (Å²) in [5, 5.41) is 3.87. The first kappa shape index (κ1) is 16.5. The molecule has 2 heteroatoms. The predicted octanol–water partition coefficient (Wildman–Crippen LogP) is 4.15. The largest absolute Gasteiger partial charge is 0.381 e. The quantitative estimate of drug-likeness (QED) is 0.776. The van der Waals surface area contributed by atoms with Crippen molar-refractivity contribution in [2.24, 2.45) is 5.92 Å². The Bertz CT molecular complexity index is 393. The summed E-state index contributed by atoms with van der Waals surface area (Å²) in [6.07, 6.45) is 4.72. The van der Waals surface area contributed by atoms with E-state index in [1.54, 1.807) is 0 Å². The molecule has 1 fully saturated rings. The van der Waals surface area contributed by atoms with E-state index in [1.807, 2.05) is 0 Å². The van der Waals surface area contributed by atoms with Crippen LogP contribution >= 0.6 is 0 Å². The lowest BCUT2D eigenvalue weighted by Crippen LogP contribution is -2.52. The van der Waals surface area contributed by atoms with E-state index in [9.17, 15) is 0 Å². The zero-order valence-electron chi connectivity index (χ0n) is 13.9. The van der Waals surface area contributed by atoms with E-state index in [2.05, 4.69) is 56.4 Å². The predicted molar refractivity (Wildman–Crippen MR) is 89.7 cm³/mol. The molecule has 118 valence electrons. The molecule has 2 rings (SSSR count). The van der Waals surface area contributed by atoms with Crippen molar-refractivity contribution in [3.63, 3.8) is 0 Å². The van der Waals surface area contributed by atoms with Crippen LogP contribution in [-0.2, 0) is 10.2 Å². The highest BCUT2D eigenvalue weighted by atomic mass is 16.5. The molecule has 21 heavy (non-hydrogen) atoms. The van der Waals surface area contributed by atoms with Crippen molar-refractivity contribution < 1.29 is 4.74 Å². The van der Waals surface area contributed by atoms with Gasteiger partial charge in [0.15, 0.2) is 0 Å². The second-order valence-corrected chi connectivity index (χ2v) is 6.28. The standard InChI is InChI=1S/C19H31NO/c1-4-13-20-18(16-12-14-21-15-16)19(5-2,6-3)17-10-8-7-9-11-17/h7-11,16,18,20H,4-6,12-15H2,1-3H3. The summed E-state index contributed by atoms with van der Waals surface area (Å²) in [4.78, 5) is 0. The van der Waals surface area contributed by atoms with Crippen LogP contribution < -0.4 is 5.32 Å². The maximum Gasteiger partial charge on any atom is 0.0510 e. The van der Waals surface area contributed by atoms with Gasteiger partial charge in [0.05, 0.1) is 6.61 Å². The number of hydrogen-bond donors (Lipinski definition) is 1. The lowest BCUT2D eigenvalue weighted by atomic mass is 9.66. The molecule has 2 atom stereocenters. The fraction of sp³-hybridized carbons (Fsp3) is 0.684. The molecular weight excluding hydrogens is 258 g/mol. The van der Waals surface area contributed by atoms with Crippen LogP contribution in [0.25, 0.3) is 0 Å². The second kappa shape index (κ2) is 7.95. The van der Waals surface area contributed by atoms with Crippen LogP contribution in [-0.4, -0.2) is 25.8 Å². The highest BCUT2D eigenvalue weighted by Crippen LogP contribution is 2.40. The van der Waals surface area contributed by atoms with E-state index in [4.69, 9.17) is 4.74 Å². The van der Waals surface area contributed by atoms with Crippen molar-refractivity contribution in [2.75, 3.05) is 19.8 Å². The van der Waals surface area contributed by atoms with E-state index < -0.39 is 0 Å². The summed E-state index contributed by atoms with van der Waals surface area (Å²) in [6, 6.07) is 11.6. The summed E-state index contributed by atoms with van der Waals surface area (Å²) in [7, 11) is 0. The molecule has 0 aromatic heterocycles. The summed E-state index contributed by atoms with van der Waals surface area (Å²) in [6.45, 7) is 9.86. The van der Waals surface area contributed by atoms with Gasteiger partial charge in [-0.25, -0.2) is 0 Å². The molecule has 1 aliphatic heterocycles. The fourth-order valence-corrected chi connectivity index (χ4v) is 3.98. The first-order valence-corrected chi connectivity index (χ1v) is 8.65. The van der Waals surface area contributed by atoms with E-state index in [1.165, 1.54) is 31.2 Å². The molecule has 0 amide bonds. The number of rotatable bonds is 8. The molecule has 0 spiro atoms. The first-order chi connectivity index (χ1) is 10.3. The first-order valence-electron chi connectivity index (χ1n) is 8.65. The Kier molecular flexibility index (Phi) is 6.25. The number of nitrogens with one attached hydrogen (secondary N) is 1. The third kappa shape index (κ3) is 3.49. The van der Waals surface area contributed by atoms with Gasteiger partial charge in [-0.3, -0.25) is 0 Å². The summed E-state index contributed by atoms with van der Waals surface area (Å²) in [5.41, 5.74) is 1.70. The summed E-state index contributed by atoms with van der Waals surface area (Å²) in [5.74, 6) is 0.636.